The molecule has 0 spiro atoms. The zero-order valence-electron chi connectivity index (χ0n) is 7.33. The summed E-state index contributed by atoms with van der Waals surface area (Å²) >= 11 is 0. The molecule has 12 heavy (non-hydrogen) atoms. The fraction of sp³-hybridized carbons (Fsp3) is 0.200. The smallest absolute Gasteiger partial charge is 0.116 e. The molecule has 1 aromatic heterocycles. The van der Waals surface area contributed by atoms with Gasteiger partial charge in [0.2, 0.25) is 0 Å². The van der Waals surface area contributed by atoms with Crippen molar-refractivity contribution in [3.05, 3.63) is 30.5 Å². The van der Waals surface area contributed by atoms with Crippen molar-refractivity contribution < 1.29 is 5.11 Å². The number of phenolic OH excluding ortho intramolecular Hbond substituents is 1. The Labute approximate surface area is 71.9 Å². The van der Waals surface area contributed by atoms with Crippen molar-refractivity contribution in [2.45, 2.75) is 13.8 Å². The molecule has 2 N–H and O–H groups in total. The highest BCUT2D eigenvalue weighted by molar-refractivity contribution is 5.80. The van der Waals surface area contributed by atoms with Gasteiger partial charge in [-0.3, -0.25) is 0 Å². The molecular formula is C10H13NO. The van der Waals surface area contributed by atoms with Crippen molar-refractivity contribution >= 4 is 10.9 Å². The summed E-state index contributed by atoms with van der Waals surface area (Å²) < 4.78 is 0. The van der Waals surface area contributed by atoms with Gasteiger partial charge in [-0.2, -0.15) is 0 Å². The van der Waals surface area contributed by atoms with Crippen molar-refractivity contribution in [2.75, 3.05) is 0 Å². The van der Waals surface area contributed by atoms with Crippen LogP contribution in [-0.2, 0) is 0 Å². The number of aromatic amines is 1. The molecule has 0 fully saturated rings. The van der Waals surface area contributed by atoms with Gasteiger partial charge in [0.1, 0.15) is 5.75 Å². The molecule has 64 valence electrons. The predicted octanol–water partition coefficient (Wildman–Crippen LogP) is 2.90. The van der Waals surface area contributed by atoms with Gasteiger partial charge < -0.3 is 10.1 Å². The first-order valence-electron chi connectivity index (χ1n) is 4.12. The molecule has 0 aliphatic rings. The van der Waals surface area contributed by atoms with E-state index in [1.165, 1.54) is 0 Å². The summed E-state index contributed by atoms with van der Waals surface area (Å²) in [5.41, 5.74) is 1.05. The highest BCUT2D eigenvalue weighted by Gasteiger charge is 1.92. The number of nitrogens with one attached hydrogen (secondary N) is 1. The maximum atomic E-state index is 9.03. The number of phenols is 1. The van der Waals surface area contributed by atoms with E-state index in [-0.39, 0.29) is 0 Å². The Morgan fingerprint density at radius 2 is 1.92 bits per heavy atom. The van der Waals surface area contributed by atoms with E-state index in [1.54, 1.807) is 12.1 Å². The van der Waals surface area contributed by atoms with Crippen molar-refractivity contribution in [2.24, 2.45) is 0 Å². The number of aromatic hydroxyl groups is 1. The number of hydrogen-bond donors (Lipinski definition) is 2. The van der Waals surface area contributed by atoms with Crippen LogP contribution in [0.25, 0.3) is 10.9 Å². The summed E-state index contributed by atoms with van der Waals surface area (Å²) in [6.07, 6.45) is 1.85. The summed E-state index contributed by atoms with van der Waals surface area (Å²) in [5.74, 6) is 0.312. The summed E-state index contributed by atoms with van der Waals surface area (Å²) in [6, 6.07) is 7.17. The van der Waals surface area contributed by atoms with E-state index in [0.29, 0.717) is 5.75 Å². The molecular weight excluding hydrogens is 150 g/mol. The Hall–Kier alpha value is -1.44. The number of H-pyrrole nitrogens is 1. The molecule has 2 heteroatoms. The number of fused-ring (bicyclic) bond motifs is 1. The van der Waals surface area contributed by atoms with E-state index in [0.717, 1.165) is 10.9 Å². The highest BCUT2D eigenvalue weighted by Crippen LogP contribution is 2.17. The molecule has 0 aliphatic carbocycles. The van der Waals surface area contributed by atoms with Crippen LogP contribution in [0.1, 0.15) is 13.8 Å². The average molecular weight is 163 g/mol. The van der Waals surface area contributed by atoms with Crippen LogP contribution in [0.5, 0.6) is 5.75 Å². The van der Waals surface area contributed by atoms with Crippen LogP contribution in [0.15, 0.2) is 30.5 Å². The second-order valence-corrected chi connectivity index (χ2v) is 2.25. The standard InChI is InChI=1S/C8H7NO.C2H6/c10-7-1-2-8-6(5-7)3-4-9-8;1-2/h1-5,9-10H;1-2H3. The molecule has 0 unspecified atom stereocenters. The number of benzene rings is 1. The van der Waals surface area contributed by atoms with Gasteiger partial charge in [-0.1, -0.05) is 13.8 Å². The van der Waals surface area contributed by atoms with E-state index in [2.05, 4.69) is 4.98 Å². The number of hydrogen-bond acceptors (Lipinski definition) is 1. The van der Waals surface area contributed by atoms with Gasteiger partial charge in [-0.05, 0) is 24.3 Å². The van der Waals surface area contributed by atoms with Gasteiger partial charge in [0, 0.05) is 17.1 Å². The monoisotopic (exact) mass is 163 g/mol. The molecule has 1 heterocycles. The SMILES string of the molecule is CC.Oc1ccc2[nH]ccc2c1. The molecule has 2 nitrogen and oxygen atoms in total. The first-order chi connectivity index (χ1) is 5.86. The van der Waals surface area contributed by atoms with Crippen LogP contribution in [0.2, 0.25) is 0 Å². The van der Waals surface area contributed by atoms with Crippen LogP contribution in [-0.4, -0.2) is 10.1 Å². The minimum absolute atomic E-state index is 0.312. The maximum Gasteiger partial charge on any atom is 0.116 e. The van der Waals surface area contributed by atoms with Crippen molar-refractivity contribution in [1.82, 2.24) is 4.98 Å². The van der Waals surface area contributed by atoms with Crippen LogP contribution in [0.3, 0.4) is 0 Å². The second kappa shape index (κ2) is 3.81. The lowest BCUT2D eigenvalue weighted by atomic mass is 10.2. The normalized spacial score (nSPS) is 9.17. The van der Waals surface area contributed by atoms with Gasteiger partial charge >= 0.3 is 0 Å². The minimum Gasteiger partial charge on any atom is -0.508 e. The molecule has 0 bridgehead atoms. The van der Waals surface area contributed by atoms with E-state index in [4.69, 9.17) is 5.11 Å². The first kappa shape index (κ1) is 8.65. The molecule has 2 aromatic rings. The summed E-state index contributed by atoms with van der Waals surface area (Å²) in [6.45, 7) is 4.00. The molecule has 2 rings (SSSR count). The van der Waals surface area contributed by atoms with Crippen molar-refractivity contribution in [3.63, 3.8) is 0 Å². The van der Waals surface area contributed by atoms with Gasteiger partial charge in [-0.25, -0.2) is 0 Å². The summed E-state index contributed by atoms with van der Waals surface area (Å²) in [5, 5.41) is 10.1. The van der Waals surface area contributed by atoms with Gasteiger partial charge in [0.15, 0.2) is 0 Å². The second-order valence-electron chi connectivity index (χ2n) is 2.25. The van der Waals surface area contributed by atoms with Crippen LogP contribution < -0.4 is 0 Å². The molecule has 0 saturated heterocycles. The van der Waals surface area contributed by atoms with Crippen molar-refractivity contribution in [1.29, 1.82) is 0 Å². The minimum atomic E-state index is 0.312. The zero-order valence-corrected chi connectivity index (χ0v) is 7.33. The van der Waals surface area contributed by atoms with Crippen molar-refractivity contribution in [3.8, 4) is 5.75 Å². The Morgan fingerprint density at radius 3 is 2.67 bits per heavy atom. The fourth-order valence-electron chi connectivity index (χ4n) is 1.04. The third kappa shape index (κ3) is 1.59. The Kier molecular flexibility index (Phi) is 2.75. The van der Waals surface area contributed by atoms with Crippen LogP contribution in [0, 0.1) is 0 Å². The predicted molar refractivity (Wildman–Crippen MR) is 51.3 cm³/mol. The van der Waals surface area contributed by atoms with Gasteiger partial charge in [-0.15, -0.1) is 0 Å². The Balaban J connectivity index is 0.000000336. The third-order valence-electron chi connectivity index (χ3n) is 1.54. The fourth-order valence-corrected chi connectivity index (χ4v) is 1.04. The Bertz CT molecular complexity index is 351. The number of aromatic nitrogens is 1. The summed E-state index contributed by atoms with van der Waals surface area (Å²) in [4.78, 5) is 3.04. The lowest BCUT2D eigenvalue weighted by Gasteiger charge is -1.89. The average Bonchev–Trinajstić information content (AvgIpc) is 2.54. The lowest BCUT2D eigenvalue weighted by molar-refractivity contribution is 0.476. The van der Waals surface area contributed by atoms with Gasteiger partial charge in [0.25, 0.3) is 0 Å². The first-order valence-corrected chi connectivity index (χ1v) is 4.12. The lowest BCUT2D eigenvalue weighted by Crippen LogP contribution is -1.65. The quantitative estimate of drug-likeness (QED) is 0.615. The van der Waals surface area contributed by atoms with Gasteiger partial charge in [0.05, 0.1) is 0 Å². The summed E-state index contributed by atoms with van der Waals surface area (Å²) in [7, 11) is 0. The third-order valence-corrected chi connectivity index (χ3v) is 1.54. The van der Waals surface area contributed by atoms with Crippen LogP contribution >= 0.6 is 0 Å². The molecule has 0 amide bonds. The highest BCUT2D eigenvalue weighted by atomic mass is 16.3. The molecule has 0 atom stereocenters. The molecule has 1 aromatic carbocycles. The maximum absolute atomic E-state index is 9.03. The van der Waals surface area contributed by atoms with Crippen LogP contribution in [0.4, 0.5) is 0 Å². The van der Waals surface area contributed by atoms with E-state index in [1.807, 2.05) is 32.2 Å². The molecule has 0 radical (unpaired) electrons. The largest absolute Gasteiger partial charge is 0.508 e. The Morgan fingerprint density at radius 1 is 1.17 bits per heavy atom. The molecule has 0 saturated carbocycles. The van der Waals surface area contributed by atoms with E-state index >= 15 is 0 Å². The number of rotatable bonds is 0. The van der Waals surface area contributed by atoms with E-state index < -0.39 is 0 Å². The molecule has 0 aliphatic heterocycles. The van der Waals surface area contributed by atoms with E-state index in [9.17, 15) is 0 Å². The topological polar surface area (TPSA) is 36.0 Å². The zero-order chi connectivity index (χ0) is 8.97.